The summed E-state index contributed by atoms with van der Waals surface area (Å²) < 4.78 is 0. The quantitative estimate of drug-likeness (QED) is 0.0971. The first-order chi connectivity index (χ1) is 19.9. The lowest BCUT2D eigenvalue weighted by Crippen LogP contribution is -2.58. The largest absolute Gasteiger partial charge is 0.481 e. The lowest BCUT2D eigenvalue weighted by molar-refractivity contribution is -0.143. The molecule has 0 saturated heterocycles. The molecule has 4 unspecified atom stereocenters. The summed E-state index contributed by atoms with van der Waals surface area (Å²) in [6.07, 6.45) is 2.51. The second kappa shape index (κ2) is 14.4. The van der Waals surface area contributed by atoms with E-state index in [2.05, 4.69) is 30.9 Å². The molecule has 3 rings (SSSR count). The van der Waals surface area contributed by atoms with Crippen molar-refractivity contribution in [3.8, 4) is 0 Å². The zero-order valence-electron chi connectivity index (χ0n) is 22.2. The molecular weight excluding hydrogens is 554 g/mol. The third kappa shape index (κ3) is 8.88. The molecule has 42 heavy (non-hydrogen) atoms. The average molecular weight is 586 g/mol. The van der Waals surface area contributed by atoms with Gasteiger partial charge in [0.15, 0.2) is 0 Å². The third-order valence-corrected chi connectivity index (χ3v) is 6.34. The maximum atomic E-state index is 13.2. The van der Waals surface area contributed by atoms with Crippen molar-refractivity contribution in [2.45, 2.75) is 56.3 Å². The van der Waals surface area contributed by atoms with Crippen molar-refractivity contribution < 1.29 is 44.1 Å². The van der Waals surface area contributed by atoms with Gasteiger partial charge in [-0.25, -0.2) is 9.78 Å². The summed E-state index contributed by atoms with van der Waals surface area (Å²) in [7, 11) is 0. The first kappa shape index (κ1) is 31.3. The van der Waals surface area contributed by atoms with Crippen molar-refractivity contribution in [1.29, 1.82) is 0 Å². The summed E-state index contributed by atoms with van der Waals surface area (Å²) in [5.74, 6) is -6.88. The summed E-state index contributed by atoms with van der Waals surface area (Å²) in [4.78, 5) is 82.9. The summed E-state index contributed by atoms with van der Waals surface area (Å²) >= 11 is 0. The standard InChI is InChI=1S/C26H31N7O9/c27-16(5-6-21(34)35)23(38)31-18(8-14-11-28-12-30-14)24(39)32-19(9-22(36)37)25(40)33-20(26(41)42)7-13-10-29-17-4-2-1-3-15(13)17/h1-4,10-12,16,18-20,29H,5-9,27H2,(H,28,30)(H,31,38)(H,32,39)(H,33,40)(H,34,35)(H,36,37)(H,41,42). The topological polar surface area (TPSA) is 270 Å². The van der Waals surface area contributed by atoms with E-state index in [1.165, 1.54) is 12.5 Å². The highest BCUT2D eigenvalue weighted by Crippen LogP contribution is 2.19. The minimum absolute atomic E-state index is 0.133. The van der Waals surface area contributed by atoms with Crippen LogP contribution in [0.5, 0.6) is 0 Å². The van der Waals surface area contributed by atoms with Gasteiger partial charge in [-0.3, -0.25) is 24.0 Å². The number of carboxylic acid groups (broad SMARTS) is 3. The number of nitrogens with zero attached hydrogens (tertiary/aromatic N) is 1. The van der Waals surface area contributed by atoms with Crippen molar-refractivity contribution in [3.63, 3.8) is 0 Å². The van der Waals surface area contributed by atoms with Gasteiger partial charge in [0.25, 0.3) is 0 Å². The highest BCUT2D eigenvalue weighted by molar-refractivity contribution is 5.96. The van der Waals surface area contributed by atoms with Gasteiger partial charge < -0.3 is 47.0 Å². The van der Waals surface area contributed by atoms with Crippen LogP contribution in [0, 0.1) is 0 Å². The van der Waals surface area contributed by atoms with Gasteiger partial charge in [-0.2, -0.15) is 0 Å². The molecule has 0 aliphatic rings. The van der Waals surface area contributed by atoms with Crippen molar-refractivity contribution >= 4 is 46.5 Å². The number of H-pyrrole nitrogens is 2. The van der Waals surface area contributed by atoms with Gasteiger partial charge in [0.05, 0.1) is 18.8 Å². The molecule has 1 aromatic carbocycles. The number of nitrogens with one attached hydrogen (secondary N) is 5. The zero-order valence-corrected chi connectivity index (χ0v) is 22.2. The van der Waals surface area contributed by atoms with E-state index in [1.807, 2.05) is 0 Å². The highest BCUT2D eigenvalue weighted by atomic mass is 16.4. The fourth-order valence-corrected chi connectivity index (χ4v) is 4.16. The number of benzene rings is 1. The van der Waals surface area contributed by atoms with Gasteiger partial charge in [-0.05, 0) is 18.1 Å². The van der Waals surface area contributed by atoms with Crippen LogP contribution in [0.1, 0.15) is 30.5 Å². The number of para-hydroxylation sites is 1. The van der Waals surface area contributed by atoms with Crippen LogP contribution < -0.4 is 21.7 Å². The van der Waals surface area contributed by atoms with Crippen molar-refractivity contribution in [3.05, 3.63) is 54.2 Å². The molecule has 16 heteroatoms. The second-order valence-corrected chi connectivity index (χ2v) is 9.50. The van der Waals surface area contributed by atoms with Crippen LogP contribution in [0.2, 0.25) is 0 Å². The molecule has 224 valence electrons. The van der Waals surface area contributed by atoms with Gasteiger partial charge in [-0.15, -0.1) is 0 Å². The molecule has 4 atom stereocenters. The first-order valence-electron chi connectivity index (χ1n) is 12.8. The lowest BCUT2D eigenvalue weighted by atomic mass is 10.0. The Morgan fingerprint density at radius 1 is 0.833 bits per heavy atom. The molecule has 0 saturated carbocycles. The van der Waals surface area contributed by atoms with Crippen molar-refractivity contribution in [2.24, 2.45) is 5.73 Å². The summed E-state index contributed by atoms with van der Waals surface area (Å²) in [5.41, 5.74) is 7.50. The van der Waals surface area contributed by atoms with Crippen LogP contribution in [-0.4, -0.2) is 90.1 Å². The highest BCUT2D eigenvalue weighted by Gasteiger charge is 2.32. The normalized spacial score (nSPS) is 13.8. The molecule has 0 fully saturated rings. The van der Waals surface area contributed by atoms with E-state index >= 15 is 0 Å². The molecule has 16 nitrogen and oxygen atoms in total. The fourth-order valence-electron chi connectivity index (χ4n) is 4.16. The Morgan fingerprint density at radius 2 is 1.50 bits per heavy atom. The van der Waals surface area contributed by atoms with Gasteiger partial charge in [0.2, 0.25) is 17.7 Å². The Kier molecular flexibility index (Phi) is 10.7. The Balaban J connectivity index is 1.75. The number of aromatic amines is 2. The Labute approximate surface area is 238 Å². The zero-order chi connectivity index (χ0) is 30.8. The van der Waals surface area contributed by atoms with Gasteiger partial charge >= 0.3 is 17.9 Å². The minimum Gasteiger partial charge on any atom is -0.481 e. The Hall–Kier alpha value is -5.25. The number of rotatable bonds is 16. The number of carbonyl (C=O) groups is 6. The first-order valence-corrected chi connectivity index (χ1v) is 12.8. The van der Waals surface area contributed by atoms with E-state index in [1.54, 1.807) is 30.5 Å². The van der Waals surface area contributed by atoms with E-state index in [4.69, 9.17) is 10.8 Å². The fraction of sp³-hybridized carbons (Fsp3) is 0.346. The SMILES string of the molecule is NC(CCC(=O)O)C(=O)NC(Cc1cnc[nH]1)C(=O)NC(CC(=O)O)C(=O)NC(Cc1c[nH]c2ccccc12)C(=O)O. The molecule has 3 amide bonds. The number of carbonyl (C=O) groups excluding carboxylic acids is 3. The van der Waals surface area contributed by atoms with Crippen molar-refractivity contribution in [2.75, 3.05) is 0 Å². The second-order valence-electron chi connectivity index (χ2n) is 9.50. The summed E-state index contributed by atoms with van der Waals surface area (Å²) in [6.45, 7) is 0. The van der Waals surface area contributed by atoms with Crippen LogP contribution in [0.4, 0.5) is 0 Å². The molecule has 0 spiro atoms. The molecule has 2 aromatic heterocycles. The number of hydrogen-bond donors (Lipinski definition) is 9. The molecule has 0 aliphatic carbocycles. The van der Waals surface area contributed by atoms with Gasteiger partial charge in [-0.1, -0.05) is 18.2 Å². The maximum absolute atomic E-state index is 13.2. The van der Waals surface area contributed by atoms with Gasteiger partial charge in [0, 0.05) is 48.3 Å². The number of hydrogen-bond acceptors (Lipinski definition) is 8. The lowest BCUT2D eigenvalue weighted by Gasteiger charge is -2.24. The molecule has 2 heterocycles. The smallest absolute Gasteiger partial charge is 0.326 e. The molecular formula is C26H31N7O9. The van der Waals surface area contributed by atoms with Crippen LogP contribution in [-0.2, 0) is 41.6 Å². The molecule has 0 aliphatic heterocycles. The number of amides is 3. The predicted molar refractivity (Wildman–Crippen MR) is 145 cm³/mol. The van der Waals surface area contributed by atoms with E-state index in [-0.39, 0.29) is 19.3 Å². The average Bonchev–Trinajstić information content (AvgIpc) is 3.60. The Morgan fingerprint density at radius 3 is 2.14 bits per heavy atom. The number of fused-ring (bicyclic) bond motifs is 1. The number of aliphatic carboxylic acids is 3. The molecule has 10 N–H and O–H groups in total. The number of imidazole rings is 1. The third-order valence-electron chi connectivity index (χ3n) is 6.34. The van der Waals surface area contributed by atoms with Crippen LogP contribution in [0.3, 0.4) is 0 Å². The van der Waals surface area contributed by atoms with Crippen LogP contribution >= 0.6 is 0 Å². The van der Waals surface area contributed by atoms with Gasteiger partial charge in [0.1, 0.15) is 18.1 Å². The van der Waals surface area contributed by atoms with E-state index in [0.717, 1.165) is 10.9 Å². The maximum Gasteiger partial charge on any atom is 0.326 e. The minimum atomic E-state index is -1.71. The summed E-state index contributed by atoms with van der Waals surface area (Å²) in [5, 5.41) is 35.7. The molecule has 0 bridgehead atoms. The number of aromatic nitrogens is 3. The predicted octanol–water partition coefficient (Wildman–Crippen LogP) is -1.12. The monoisotopic (exact) mass is 585 g/mol. The Bertz CT molecular complexity index is 1440. The number of carboxylic acids is 3. The molecule has 0 radical (unpaired) electrons. The van der Waals surface area contributed by atoms with E-state index in [9.17, 15) is 39.0 Å². The molecule has 3 aromatic rings. The summed E-state index contributed by atoms with van der Waals surface area (Å²) in [6, 6.07) is 1.32. The van der Waals surface area contributed by atoms with E-state index in [0.29, 0.717) is 11.3 Å². The van der Waals surface area contributed by atoms with Crippen LogP contribution in [0.15, 0.2) is 43.0 Å². The number of nitrogens with two attached hydrogens (primary N) is 1. The van der Waals surface area contributed by atoms with Crippen LogP contribution in [0.25, 0.3) is 10.9 Å². The van der Waals surface area contributed by atoms with E-state index < -0.39 is 72.6 Å². The van der Waals surface area contributed by atoms with Crippen molar-refractivity contribution in [1.82, 2.24) is 30.9 Å².